The molecular weight excluding hydrogens is 235 g/mol. The van der Waals surface area contributed by atoms with Crippen LogP contribution in [0, 0.1) is 0 Å². The van der Waals surface area contributed by atoms with E-state index < -0.39 is 25.2 Å². The molecule has 0 aliphatic heterocycles. The minimum absolute atomic E-state index is 0.454. The number of hydrogen-bond donors (Lipinski definition) is 3. The summed E-state index contributed by atoms with van der Waals surface area (Å²) in [5, 5.41) is 4.48. The Hall–Kier alpha value is -1.92. The van der Waals surface area contributed by atoms with Gasteiger partial charge in [-0.15, -0.1) is 0 Å². The smallest absolute Gasteiger partial charge is 0.390 e. The van der Waals surface area contributed by atoms with Gasteiger partial charge in [0.15, 0.2) is 0 Å². The average Bonchev–Trinajstić information content (AvgIpc) is 2.19. The molecule has 0 aromatic heterocycles. The normalized spacial score (nSPS) is 11.0. The first-order valence-corrected chi connectivity index (χ1v) is 4.84. The first-order chi connectivity index (χ1) is 7.87. The van der Waals surface area contributed by atoms with E-state index in [0.717, 1.165) is 0 Å². The summed E-state index contributed by atoms with van der Waals surface area (Å²) in [6.45, 7) is -0.454. The van der Waals surface area contributed by atoms with E-state index in [4.69, 9.17) is 5.73 Å². The number of anilines is 2. The van der Waals surface area contributed by atoms with Gasteiger partial charge in [-0.3, -0.25) is 0 Å². The molecule has 0 bridgehead atoms. The first-order valence-electron chi connectivity index (χ1n) is 4.84. The molecule has 0 radical (unpaired) electrons. The number of urea groups is 1. The second-order valence-electron chi connectivity index (χ2n) is 3.37. The highest BCUT2D eigenvalue weighted by atomic mass is 19.4. The maximum atomic E-state index is 11.8. The topological polar surface area (TPSA) is 67.1 Å². The predicted molar refractivity (Wildman–Crippen MR) is 58.5 cm³/mol. The number of halogens is 3. The molecule has 0 aliphatic carbocycles. The van der Waals surface area contributed by atoms with Gasteiger partial charge >= 0.3 is 12.2 Å². The van der Waals surface area contributed by atoms with Crippen molar-refractivity contribution in [2.75, 3.05) is 17.6 Å². The Kier molecular flexibility index (Phi) is 4.19. The van der Waals surface area contributed by atoms with Crippen molar-refractivity contribution in [2.24, 2.45) is 0 Å². The zero-order valence-electron chi connectivity index (χ0n) is 8.84. The van der Waals surface area contributed by atoms with Crippen LogP contribution in [0.15, 0.2) is 24.3 Å². The van der Waals surface area contributed by atoms with Crippen molar-refractivity contribution >= 4 is 17.4 Å². The van der Waals surface area contributed by atoms with Crippen molar-refractivity contribution in [3.05, 3.63) is 24.3 Å². The number of alkyl halides is 3. The van der Waals surface area contributed by atoms with E-state index in [9.17, 15) is 18.0 Å². The largest absolute Gasteiger partial charge is 0.399 e. The van der Waals surface area contributed by atoms with E-state index in [1.165, 1.54) is 0 Å². The fourth-order valence-corrected chi connectivity index (χ4v) is 1.06. The van der Waals surface area contributed by atoms with Crippen LogP contribution in [-0.4, -0.2) is 18.8 Å². The molecule has 1 rings (SSSR count). The summed E-state index contributed by atoms with van der Waals surface area (Å²) in [5.41, 5.74) is 6.43. The molecule has 4 nitrogen and oxygen atoms in total. The van der Waals surface area contributed by atoms with Crippen LogP contribution < -0.4 is 16.4 Å². The van der Waals surface area contributed by atoms with Crippen molar-refractivity contribution in [1.29, 1.82) is 0 Å². The van der Waals surface area contributed by atoms with E-state index in [1.54, 1.807) is 24.3 Å². The molecule has 94 valence electrons. The van der Waals surface area contributed by atoms with Gasteiger partial charge in [-0.1, -0.05) is 0 Å². The summed E-state index contributed by atoms with van der Waals surface area (Å²) in [4.78, 5) is 11.2. The number of amides is 2. The Morgan fingerprint density at radius 1 is 1.24 bits per heavy atom. The van der Waals surface area contributed by atoms with Crippen molar-refractivity contribution in [2.45, 2.75) is 12.6 Å². The van der Waals surface area contributed by atoms with Gasteiger partial charge in [-0.05, 0) is 24.3 Å². The summed E-state index contributed by atoms with van der Waals surface area (Å²) >= 11 is 0. The fraction of sp³-hybridized carbons (Fsp3) is 0.300. The second-order valence-corrected chi connectivity index (χ2v) is 3.37. The molecule has 7 heteroatoms. The van der Waals surface area contributed by atoms with Gasteiger partial charge in [-0.2, -0.15) is 13.2 Å². The molecule has 0 saturated carbocycles. The monoisotopic (exact) mass is 247 g/mol. The van der Waals surface area contributed by atoms with Crippen molar-refractivity contribution in [1.82, 2.24) is 5.32 Å². The molecular formula is C10H12F3N3O. The molecule has 2 amide bonds. The third-order valence-electron chi connectivity index (χ3n) is 1.86. The lowest BCUT2D eigenvalue weighted by molar-refractivity contribution is -0.132. The number of benzene rings is 1. The van der Waals surface area contributed by atoms with Gasteiger partial charge in [-0.25, -0.2) is 4.79 Å². The highest BCUT2D eigenvalue weighted by molar-refractivity contribution is 5.89. The number of carbonyl (C=O) groups is 1. The summed E-state index contributed by atoms with van der Waals surface area (Å²) in [6.07, 6.45) is -5.32. The van der Waals surface area contributed by atoms with Crippen LogP contribution in [0.25, 0.3) is 0 Å². The van der Waals surface area contributed by atoms with E-state index in [1.807, 2.05) is 0 Å². The third-order valence-corrected chi connectivity index (χ3v) is 1.86. The Balaban J connectivity index is 2.32. The molecule has 0 atom stereocenters. The van der Waals surface area contributed by atoms with E-state index in [0.29, 0.717) is 11.4 Å². The number of nitrogens with one attached hydrogen (secondary N) is 2. The zero-order chi connectivity index (χ0) is 12.9. The third kappa shape index (κ3) is 5.64. The maximum Gasteiger partial charge on any atom is 0.390 e. The van der Waals surface area contributed by atoms with E-state index >= 15 is 0 Å². The standard InChI is InChI=1S/C10H12F3N3O/c11-10(12,13)5-6-15-9(17)16-8-3-1-7(14)2-4-8/h1-4H,5-6,14H2,(H2,15,16,17). The molecule has 0 fully saturated rings. The first kappa shape index (κ1) is 13.1. The fourth-order valence-electron chi connectivity index (χ4n) is 1.06. The Labute approximate surface area is 96.0 Å². The van der Waals surface area contributed by atoms with Crippen LogP contribution in [-0.2, 0) is 0 Å². The summed E-state index contributed by atoms with van der Waals surface area (Å²) in [7, 11) is 0. The van der Waals surface area contributed by atoms with Crippen LogP contribution in [0.3, 0.4) is 0 Å². The van der Waals surface area contributed by atoms with Crippen molar-refractivity contribution < 1.29 is 18.0 Å². The van der Waals surface area contributed by atoms with Crippen molar-refractivity contribution in [3.8, 4) is 0 Å². The van der Waals surface area contributed by atoms with Crippen LogP contribution in [0.1, 0.15) is 6.42 Å². The Morgan fingerprint density at radius 2 is 1.82 bits per heavy atom. The number of nitrogen functional groups attached to an aromatic ring is 1. The summed E-state index contributed by atoms with van der Waals surface area (Å²) in [5.74, 6) is 0. The number of rotatable bonds is 3. The number of carbonyl (C=O) groups excluding carboxylic acids is 1. The molecule has 0 unspecified atom stereocenters. The number of hydrogen-bond acceptors (Lipinski definition) is 2. The lowest BCUT2D eigenvalue weighted by atomic mass is 10.3. The Morgan fingerprint density at radius 3 is 2.35 bits per heavy atom. The van der Waals surface area contributed by atoms with E-state index in [-0.39, 0.29) is 0 Å². The van der Waals surface area contributed by atoms with Crippen molar-refractivity contribution in [3.63, 3.8) is 0 Å². The van der Waals surface area contributed by atoms with Crippen LogP contribution in [0.5, 0.6) is 0 Å². The maximum absolute atomic E-state index is 11.8. The molecule has 0 heterocycles. The van der Waals surface area contributed by atoms with Gasteiger partial charge in [0.05, 0.1) is 6.42 Å². The van der Waals surface area contributed by atoms with Crippen LogP contribution in [0.4, 0.5) is 29.3 Å². The van der Waals surface area contributed by atoms with Gasteiger partial charge in [0.25, 0.3) is 0 Å². The highest BCUT2D eigenvalue weighted by Crippen LogP contribution is 2.18. The summed E-state index contributed by atoms with van der Waals surface area (Å²) in [6, 6.07) is 5.58. The van der Waals surface area contributed by atoms with Gasteiger partial charge in [0, 0.05) is 17.9 Å². The predicted octanol–water partition coefficient (Wildman–Crippen LogP) is 2.34. The minimum atomic E-state index is -4.27. The molecule has 17 heavy (non-hydrogen) atoms. The van der Waals surface area contributed by atoms with Gasteiger partial charge in [0.2, 0.25) is 0 Å². The average molecular weight is 247 g/mol. The number of nitrogens with two attached hydrogens (primary N) is 1. The molecule has 1 aromatic rings. The highest BCUT2D eigenvalue weighted by Gasteiger charge is 2.26. The molecule has 4 N–H and O–H groups in total. The molecule has 0 aliphatic rings. The van der Waals surface area contributed by atoms with E-state index in [2.05, 4.69) is 10.6 Å². The van der Waals surface area contributed by atoms with Crippen LogP contribution in [0.2, 0.25) is 0 Å². The second kappa shape index (κ2) is 5.42. The molecule has 0 spiro atoms. The van der Waals surface area contributed by atoms with Gasteiger partial charge < -0.3 is 16.4 Å². The SMILES string of the molecule is Nc1ccc(NC(=O)NCCC(F)(F)F)cc1. The quantitative estimate of drug-likeness (QED) is 0.718. The van der Waals surface area contributed by atoms with Crippen LogP contribution >= 0.6 is 0 Å². The zero-order valence-corrected chi connectivity index (χ0v) is 8.84. The Bertz CT molecular complexity index is 375. The van der Waals surface area contributed by atoms with Gasteiger partial charge in [0.1, 0.15) is 0 Å². The molecule has 1 aromatic carbocycles. The lowest BCUT2D eigenvalue weighted by Crippen LogP contribution is -2.31. The molecule has 0 saturated heterocycles. The summed E-state index contributed by atoms with van der Waals surface area (Å²) < 4.78 is 35.4. The minimum Gasteiger partial charge on any atom is -0.399 e. The lowest BCUT2D eigenvalue weighted by Gasteiger charge is -2.09.